The van der Waals surface area contributed by atoms with Gasteiger partial charge in [-0.1, -0.05) is 19.1 Å². The standard InChI is InChI=1S/C14H20N2O/c1-10-4-3-5-12(8-10)16-14(13(15)17)7-6-11(2)9-14/h3-5,8,11,16H,6-7,9H2,1-2H3,(H2,15,17). The summed E-state index contributed by atoms with van der Waals surface area (Å²) in [7, 11) is 0. The van der Waals surface area contributed by atoms with Gasteiger partial charge in [0.15, 0.2) is 0 Å². The lowest BCUT2D eigenvalue weighted by Gasteiger charge is -2.28. The Bertz CT molecular complexity index is 430. The SMILES string of the molecule is Cc1cccc(NC2(C(N)=O)CCC(C)C2)c1. The summed E-state index contributed by atoms with van der Waals surface area (Å²) in [6.45, 7) is 4.21. The molecule has 1 aromatic carbocycles. The van der Waals surface area contributed by atoms with Gasteiger partial charge >= 0.3 is 0 Å². The van der Waals surface area contributed by atoms with Crippen LogP contribution in [0.4, 0.5) is 5.69 Å². The minimum atomic E-state index is -0.548. The Balaban J connectivity index is 2.22. The zero-order valence-corrected chi connectivity index (χ0v) is 10.5. The molecule has 17 heavy (non-hydrogen) atoms. The lowest BCUT2D eigenvalue weighted by atomic mass is 9.94. The third kappa shape index (κ3) is 2.43. The maximum absolute atomic E-state index is 11.7. The van der Waals surface area contributed by atoms with E-state index in [1.807, 2.05) is 31.2 Å². The van der Waals surface area contributed by atoms with Crippen LogP contribution in [0.5, 0.6) is 0 Å². The lowest BCUT2D eigenvalue weighted by molar-refractivity contribution is -0.122. The molecule has 1 aromatic rings. The first-order valence-corrected chi connectivity index (χ1v) is 6.17. The average Bonchev–Trinajstić information content (AvgIpc) is 2.61. The fourth-order valence-corrected chi connectivity index (χ4v) is 2.69. The van der Waals surface area contributed by atoms with Crippen LogP contribution < -0.4 is 11.1 Å². The van der Waals surface area contributed by atoms with Crippen molar-refractivity contribution >= 4 is 11.6 Å². The molecule has 2 atom stereocenters. The van der Waals surface area contributed by atoms with Crippen LogP contribution in [0.1, 0.15) is 31.7 Å². The molecule has 0 heterocycles. The average molecular weight is 232 g/mol. The molecule has 1 aliphatic rings. The highest BCUT2D eigenvalue weighted by Crippen LogP contribution is 2.36. The highest BCUT2D eigenvalue weighted by Gasteiger charge is 2.42. The normalized spacial score (nSPS) is 28.0. The molecule has 3 nitrogen and oxygen atoms in total. The van der Waals surface area contributed by atoms with E-state index < -0.39 is 5.54 Å². The number of nitrogens with two attached hydrogens (primary N) is 1. The largest absolute Gasteiger partial charge is 0.371 e. The Labute approximate surface area is 102 Å². The molecular weight excluding hydrogens is 212 g/mol. The van der Waals surface area contributed by atoms with E-state index in [4.69, 9.17) is 5.73 Å². The van der Waals surface area contributed by atoms with Crippen LogP contribution in [0.15, 0.2) is 24.3 Å². The van der Waals surface area contributed by atoms with Crippen LogP contribution in [0.25, 0.3) is 0 Å². The highest BCUT2D eigenvalue weighted by molar-refractivity contribution is 5.88. The van der Waals surface area contributed by atoms with E-state index in [9.17, 15) is 4.79 Å². The zero-order chi connectivity index (χ0) is 12.5. The van der Waals surface area contributed by atoms with Crippen molar-refractivity contribution < 1.29 is 4.79 Å². The highest BCUT2D eigenvalue weighted by atomic mass is 16.1. The second kappa shape index (κ2) is 4.40. The van der Waals surface area contributed by atoms with Crippen molar-refractivity contribution in [1.29, 1.82) is 0 Å². The van der Waals surface area contributed by atoms with Crippen molar-refractivity contribution in [3.63, 3.8) is 0 Å². The van der Waals surface area contributed by atoms with Crippen LogP contribution in [0, 0.1) is 12.8 Å². The van der Waals surface area contributed by atoms with E-state index >= 15 is 0 Å². The molecule has 3 N–H and O–H groups in total. The third-order valence-electron chi connectivity index (χ3n) is 3.63. The number of hydrogen-bond donors (Lipinski definition) is 2. The van der Waals surface area contributed by atoms with Crippen LogP contribution in [0.3, 0.4) is 0 Å². The van der Waals surface area contributed by atoms with Crippen molar-refractivity contribution in [3.05, 3.63) is 29.8 Å². The second-order valence-electron chi connectivity index (χ2n) is 5.29. The number of carbonyl (C=O) groups is 1. The van der Waals surface area contributed by atoms with Crippen LogP contribution >= 0.6 is 0 Å². The van der Waals surface area contributed by atoms with Crippen molar-refractivity contribution in [2.75, 3.05) is 5.32 Å². The maximum Gasteiger partial charge on any atom is 0.243 e. The topological polar surface area (TPSA) is 55.1 Å². The smallest absolute Gasteiger partial charge is 0.243 e. The summed E-state index contributed by atoms with van der Waals surface area (Å²) < 4.78 is 0. The zero-order valence-electron chi connectivity index (χ0n) is 10.5. The fraction of sp³-hybridized carbons (Fsp3) is 0.500. The number of rotatable bonds is 3. The number of carbonyl (C=O) groups excluding carboxylic acids is 1. The molecule has 1 saturated carbocycles. The number of primary amides is 1. The number of nitrogens with one attached hydrogen (secondary N) is 1. The maximum atomic E-state index is 11.7. The molecule has 3 heteroatoms. The van der Waals surface area contributed by atoms with Gasteiger partial charge in [0.2, 0.25) is 5.91 Å². The van der Waals surface area contributed by atoms with Gasteiger partial charge in [-0.25, -0.2) is 0 Å². The molecule has 0 saturated heterocycles. The van der Waals surface area contributed by atoms with E-state index in [1.54, 1.807) is 0 Å². The lowest BCUT2D eigenvalue weighted by Crippen LogP contribution is -2.48. The summed E-state index contributed by atoms with van der Waals surface area (Å²) in [5.74, 6) is 0.322. The Morgan fingerprint density at radius 2 is 2.29 bits per heavy atom. The number of anilines is 1. The molecule has 92 valence electrons. The Hall–Kier alpha value is -1.51. The van der Waals surface area contributed by atoms with E-state index in [-0.39, 0.29) is 5.91 Å². The summed E-state index contributed by atoms with van der Waals surface area (Å²) in [5.41, 5.74) is 7.20. The Morgan fingerprint density at radius 1 is 1.53 bits per heavy atom. The first-order valence-electron chi connectivity index (χ1n) is 6.17. The molecule has 0 aromatic heterocycles. The summed E-state index contributed by atoms with van der Waals surface area (Å²) in [6, 6.07) is 8.07. The van der Waals surface area contributed by atoms with Gasteiger partial charge in [0, 0.05) is 5.69 Å². The summed E-state index contributed by atoms with van der Waals surface area (Å²) in [4.78, 5) is 11.7. The number of benzene rings is 1. The first kappa shape index (κ1) is 12.0. The summed E-state index contributed by atoms with van der Waals surface area (Å²) in [5, 5.41) is 3.35. The molecule has 2 unspecified atom stereocenters. The van der Waals surface area contributed by atoms with E-state index in [1.165, 1.54) is 5.56 Å². The van der Waals surface area contributed by atoms with Crippen molar-refractivity contribution in [3.8, 4) is 0 Å². The van der Waals surface area contributed by atoms with E-state index in [0.29, 0.717) is 5.92 Å². The van der Waals surface area contributed by atoms with Crippen molar-refractivity contribution in [2.45, 2.75) is 38.6 Å². The van der Waals surface area contributed by atoms with Gasteiger partial charge in [-0.05, 0) is 49.8 Å². The molecule has 1 amide bonds. The Morgan fingerprint density at radius 3 is 2.82 bits per heavy atom. The monoisotopic (exact) mass is 232 g/mol. The molecule has 0 spiro atoms. The summed E-state index contributed by atoms with van der Waals surface area (Å²) >= 11 is 0. The fourth-order valence-electron chi connectivity index (χ4n) is 2.69. The summed E-state index contributed by atoms with van der Waals surface area (Å²) in [6.07, 6.45) is 2.72. The molecule has 1 aliphatic carbocycles. The van der Waals surface area contributed by atoms with Gasteiger partial charge in [0.25, 0.3) is 0 Å². The van der Waals surface area contributed by atoms with Crippen molar-refractivity contribution in [2.24, 2.45) is 11.7 Å². The van der Waals surface area contributed by atoms with E-state index in [2.05, 4.69) is 12.2 Å². The molecular formula is C14H20N2O. The van der Waals surface area contributed by atoms with Gasteiger partial charge in [-0.2, -0.15) is 0 Å². The van der Waals surface area contributed by atoms with Crippen LogP contribution in [-0.2, 0) is 4.79 Å². The van der Waals surface area contributed by atoms with Crippen molar-refractivity contribution in [1.82, 2.24) is 0 Å². The predicted octanol–water partition coefficient (Wildman–Crippen LogP) is 2.45. The predicted molar refractivity (Wildman–Crippen MR) is 69.7 cm³/mol. The molecule has 1 fully saturated rings. The first-order chi connectivity index (χ1) is 8.02. The minimum absolute atomic E-state index is 0.233. The van der Waals surface area contributed by atoms with Gasteiger partial charge in [0.05, 0.1) is 0 Å². The number of amides is 1. The number of aryl methyl sites for hydroxylation is 1. The third-order valence-corrected chi connectivity index (χ3v) is 3.63. The van der Waals surface area contributed by atoms with Gasteiger partial charge in [-0.3, -0.25) is 4.79 Å². The van der Waals surface area contributed by atoms with Gasteiger partial charge in [-0.15, -0.1) is 0 Å². The molecule has 0 bridgehead atoms. The van der Waals surface area contributed by atoms with E-state index in [0.717, 1.165) is 24.9 Å². The second-order valence-corrected chi connectivity index (χ2v) is 5.29. The Kier molecular flexibility index (Phi) is 3.09. The van der Waals surface area contributed by atoms with Crippen LogP contribution in [-0.4, -0.2) is 11.4 Å². The molecule has 0 radical (unpaired) electrons. The van der Waals surface area contributed by atoms with Gasteiger partial charge in [0.1, 0.15) is 5.54 Å². The molecule has 0 aliphatic heterocycles. The minimum Gasteiger partial charge on any atom is -0.371 e. The molecule has 2 rings (SSSR count). The quantitative estimate of drug-likeness (QED) is 0.841. The van der Waals surface area contributed by atoms with Crippen LogP contribution in [0.2, 0.25) is 0 Å². The number of hydrogen-bond acceptors (Lipinski definition) is 2. The van der Waals surface area contributed by atoms with Gasteiger partial charge < -0.3 is 11.1 Å².